The zero-order valence-electron chi connectivity index (χ0n) is 14.4. The van der Waals surface area contributed by atoms with E-state index in [1.54, 1.807) is 43.4 Å². The largest absolute Gasteiger partial charge is 0.496 e. The summed E-state index contributed by atoms with van der Waals surface area (Å²) in [5.74, 6) is 1.19. The number of nitrogens with two attached hydrogens (primary N) is 1. The first-order valence-corrected chi connectivity index (χ1v) is 8.07. The van der Waals surface area contributed by atoms with Gasteiger partial charge in [0.25, 0.3) is 0 Å². The number of nitrogens with zero attached hydrogens (tertiary/aromatic N) is 1. The van der Waals surface area contributed by atoms with Crippen molar-refractivity contribution in [2.24, 2.45) is 0 Å². The van der Waals surface area contributed by atoms with Gasteiger partial charge in [0.1, 0.15) is 17.6 Å². The first-order chi connectivity index (χ1) is 12.0. The summed E-state index contributed by atoms with van der Waals surface area (Å²) in [6.07, 6.45) is -0.557. The number of methoxy groups -OCH3 is 2. The number of rotatable bonds is 4. The first-order valence-electron chi connectivity index (χ1n) is 8.07. The molecule has 0 fully saturated rings. The lowest BCUT2D eigenvalue weighted by atomic mass is 9.94. The number of ether oxygens (including phenoxy) is 2. The Bertz CT molecular complexity index is 774. The molecule has 1 atom stereocenters. The number of benzene rings is 2. The third kappa shape index (κ3) is 3.39. The normalized spacial score (nSPS) is 16.3. The number of carbonyl (C=O) groups is 1. The molecule has 0 aliphatic carbocycles. The Kier molecular flexibility index (Phi) is 4.81. The summed E-state index contributed by atoms with van der Waals surface area (Å²) in [6.45, 7) is 0.602. The Morgan fingerprint density at radius 2 is 1.80 bits per heavy atom. The highest BCUT2D eigenvalue weighted by Gasteiger charge is 2.31. The van der Waals surface area contributed by atoms with E-state index in [1.165, 1.54) is 0 Å². The molecule has 3 rings (SSSR count). The number of amides is 1. The standard InChI is InChI=1S/C19H22N2O4/c1-24-16-7-8-17(25-2)19-14(16)10-21(11-15(19)22)18(23)9-12-3-5-13(20)6-4-12/h3-8,15,22H,9-11,20H2,1-2H3. The number of anilines is 1. The molecule has 0 saturated heterocycles. The highest BCUT2D eigenvalue weighted by molar-refractivity contribution is 5.79. The van der Waals surface area contributed by atoms with Crippen molar-refractivity contribution in [3.8, 4) is 11.5 Å². The minimum atomic E-state index is -0.816. The molecule has 0 spiro atoms. The Morgan fingerprint density at radius 3 is 2.44 bits per heavy atom. The first kappa shape index (κ1) is 17.1. The van der Waals surface area contributed by atoms with Gasteiger partial charge >= 0.3 is 0 Å². The minimum Gasteiger partial charge on any atom is -0.496 e. The highest BCUT2D eigenvalue weighted by Crippen LogP contribution is 2.39. The number of fused-ring (bicyclic) bond motifs is 1. The molecule has 0 bridgehead atoms. The zero-order chi connectivity index (χ0) is 18.0. The Morgan fingerprint density at radius 1 is 1.16 bits per heavy atom. The predicted octanol–water partition coefficient (Wildman–Crippen LogP) is 1.90. The number of hydrogen-bond acceptors (Lipinski definition) is 5. The van der Waals surface area contributed by atoms with Crippen LogP contribution in [0.5, 0.6) is 11.5 Å². The van der Waals surface area contributed by atoms with Crippen molar-refractivity contribution in [3.05, 3.63) is 53.1 Å². The van der Waals surface area contributed by atoms with Gasteiger partial charge in [-0.1, -0.05) is 12.1 Å². The average molecular weight is 342 g/mol. The van der Waals surface area contributed by atoms with E-state index in [2.05, 4.69) is 0 Å². The van der Waals surface area contributed by atoms with Crippen LogP contribution in [0.15, 0.2) is 36.4 Å². The van der Waals surface area contributed by atoms with Crippen molar-refractivity contribution in [2.45, 2.75) is 19.1 Å². The predicted molar refractivity (Wildman–Crippen MR) is 94.5 cm³/mol. The molecular weight excluding hydrogens is 320 g/mol. The molecule has 1 amide bonds. The van der Waals surface area contributed by atoms with E-state index in [1.807, 2.05) is 12.1 Å². The van der Waals surface area contributed by atoms with E-state index in [0.717, 1.165) is 11.1 Å². The molecule has 2 aromatic carbocycles. The van der Waals surface area contributed by atoms with Gasteiger partial charge < -0.3 is 25.2 Å². The summed E-state index contributed by atoms with van der Waals surface area (Å²) in [4.78, 5) is 14.3. The van der Waals surface area contributed by atoms with Crippen molar-refractivity contribution in [1.82, 2.24) is 4.90 Å². The topological polar surface area (TPSA) is 85.0 Å². The molecule has 3 N–H and O–H groups in total. The van der Waals surface area contributed by atoms with Crippen molar-refractivity contribution < 1.29 is 19.4 Å². The maximum Gasteiger partial charge on any atom is 0.227 e. The van der Waals surface area contributed by atoms with E-state index in [0.29, 0.717) is 29.3 Å². The second-order valence-corrected chi connectivity index (χ2v) is 6.07. The molecule has 6 heteroatoms. The molecule has 1 aliphatic heterocycles. The smallest absolute Gasteiger partial charge is 0.227 e. The number of hydrogen-bond donors (Lipinski definition) is 2. The molecule has 0 radical (unpaired) electrons. The van der Waals surface area contributed by atoms with Gasteiger partial charge in [-0.15, -0.1) is 0 Å². The molecular formula is C19H22N2O4. The van der Waals surface area contributed by atoms with Crippen molar-refractivity contribution in [2.75, 3.05) is 26.5 Å². The van der Waals surface area contributed by atoms with E-state index in [9.17, 15) is 9.90 Å². The van der Waals surface area contributed by atoms with Crippen LogP contribution in [0.1, 0.15) is 22.8 Å². The number of β-amino-alcohol motifs (C(OH)–C–C–N with tert-alkyl or cyclic N) is 1. The van der Waals surface area contributed by atoms with Gasteiger partial charge in [0.05, 0.1) is 27.2 Å². The number of carbonyl (C=O) groups excluding carboxylic acids is 1. The SMILES string of the molecule is COc1ccc(OC)c2c1CN(C(=O)Cc1ccc(N)cc1)CC2O. The van der Waals surface area contributed by atoms with Crippen LogP contribution in [0.4, 0.5) is 5.69 Å². The number of aliphatic hydroxyl groups is 1. The zero-order valence-corrected chi connectivity index (χ0v) is 14.4. The lowest BCUT2D eigenvalue weighted by Crippen LogP contribution is -2.39. The van der Waals surface area contributed by atoms with Gasteiger partial charge in [0.2, 0.25) is 5.91 Å². The summed E-state index contributed by atoms with van der Waals surface area (Å²) in [5.41, 5.74) is 8.70. The minimum absolute atomic E-state index is 0.0562. The van der Waals surface area contributed by atoms with Crippen LogP contribution in [0.25, 0.3) is 0 Å². The summed E-state index contributed by atoms with van der Waals surface area (Å²) < 4.78 is 10.8. The maximum absolute atomic E-state index is 12.7. The van der Waals surface area contributed by atoms with E-state index in [-0.39, 0.29) is 18.9 Å². The van der Waals surface area contributed by atoms with Gasteiger partial charge in [0, 0.05) is 23.4 Å². The van der Waals surface area contributed by atoms with Gasteiger partial charge in [-0.2, -0.15) is 0 Å². The van der Waals surface area contributed by atoms with Gasteiger partial charge in [-0.3, -0.25) is 4.79 Å². The molecule has 1 heterocycles. The van der Waals surface area contributed by atoms with E-state index < -0.39 is 6.10 Å². The molecule has 0 saturated carbocycles. The summed E-state index contributed by atoms with van der Waals surface area (Å²) in [6, 6.07) is 10.8. The highest BCUT2D eigenvalue weighted by atomic mass is 16.5. The molecule has 0 aromatic heterocycles. The lowest BCUT2D eigenvalue weighted by molar-refractivity contribution is -0.133. The van der Waals surface area contributed by atoms with E-state index in [4.69, 9.17) is 15.2 Å². The molecule has 2 aromatic rings. The van der Waals surface area contributed by atoms with Crippen molar-refractivity contribution in [3.63, 3.8) is 0 Å². The molecule has 1 aliphatic rings. The quantitative estimate of drug-likeness (QED) is 0.829. The summed E-state index contributed by atoms with van der Waals surface area (Å²) in [5, 5.41) is 10.6. The fourth-order valence-electron chi connectivity index (χ4n) is 3.19. The number of nitrogen functional groups attached to an aromatic ring is 1. The Labute approximate surface area is 146 Å². The van der Waals surface area contributed by atoms with Crippen LogP contribution in [0.2, 0.25) is 0 Å². The third-order valence-electron chi connectivity index (χ3n) is 4.48. The average Bonchev–Trinajstić information content (AvgIpc) is 2.62. The molecule has 25 heavy (non-hydrogen) atoms. The third-order valence-corrected chi connectivity index (χ3v) is 4.48. The summed E-state index contributed by atoms with van der Waals surface area (Å²) >= 11 is 0. The van der Waals surface area contributed by atoms with Crippen LogP contribution in [-0.4, -0.2) is 36.7 Å². The van der Waals surface area contributed by atoms with Gasteiger partial charge in [-0.05, 0) is 29.8 Å². The van der Waals surface area contributed by atoms with Crippen LogP contribution in [0, 0.1) is 0 Å². The lowest BCUT2D eigenvalue weighted by Gasteiger charge is -2.34. The number of aliphatic hydroxyl groups excluding tert-OH is 1. The van der Waals surface area contributed by atoms with Crippen molar-refractivity contribution in [1.29, 1.82) is 0 Å². The maximum atomic E-state index is 12.7. The second kappa shape index (κ2) is 7.03. The monoisotopic (exact) mass is 342 g/mol. The van der Waals surface area contributed by atoms with Crippen LogP contribution >= 0.6 is 0 Å². The van der Waals surface area contributed by atoms with Crippen molar-refractivity contribution >= 4 is 11.6 Å². The van der Waals surface area contributed by atoms with Gasteiger partial charge in [0.15, 0.2) is 0 Å². The second-order valence-electron chi connectivity index (χ2n) is 6.07. The van der Waals surface area contributed by atoms with Crippen LogP contribution < -0.4 is 15.2 Å². The van der Waals surface area contributed by atoms with E-state index >= 15 is 0 Å². The van der Waals surface area contributed by atoms with Crippen LogP contribution in [-0.2, 0) is 17.8 Å². The molecule has 132 valence electrons. The molecule has 1 unspecified atom stereocenters. The van der Waals surface area contributed by atoms with Crippen LogP contribution in [0.3, 0.4) is 0 Å². The van der Waals surface area contributed by atoms with Gasteiger partial charge in [-0.25, -0.2) is 0 Å². The Hall–Kier alpha value is -2.73. The molecule has 6 nitrogen and oxygen atoms in total. The fourth-order valence-corrected chi connectivity index (χ4v) is 3.19. The Balaban J connectivity index is 1.85. The summed E-state index contributed by atoms with van der Waals surface area (Å²) in [7, 11) is 3.14. The fraction of sp³-hybridized carbons (Fsp3) is 0.316.